The number of amides is 2. The van der Waals surface area contributed by atoms with E-state index in [-0.39, 0.29) is 59.5 Å². The number of rotatable bonds is 5. The summed E-state index contributed by atoms with van der Waals surface area (Å²) < 4.78 is 0. The van der Waals surface area contributed by atoms with Gasteiger partial charge in [0.2, 0.25) is 11.8 Å². The molecule has 2 fully saturated rings. The van der Waals surface area contributed by atoms with Crippen LogP contribution in [0.25, 0.3) is 0 Å². The molecule has 2 heterocycles. The van der Waals surface area contributed by atoms with Crippen LogP contribution >= 0.6 is 35.6 Å². The standard InChI is InChI=1S/C19H22ClN5O2.HI/c1-21-19(24-10-11-2-5-14(20)23-9-11)22-6-7-25-17(26)15-12-3-4-13(8-12)16(15)18(25)27;/h2-5,9,12-13,15-16H,6-8,10H2,1H3,(H2,21,22,24);1H. The Kier molecular flexibility index (Phi) is 6.59. The number of pyridine rings is 1. The van der Waals surface area contributed by atoms with E-state index in [2.05, 4.69) is 32.8 Å². The van der Waals surface area contributed by atoms with Crippen LogP contribution in [0.3, 0.4) is 0 Å². The zero-order valence-electron chi connectivity index (χ0n) is 15.5. The molecular weight excluding hydrogens is 493 g/mol. The Morgan fingerprint density at radius 2 is 1.89 bits per heavy atom. The third-order valence-electron chi connectivity index (χ3n) is 5.66. The van der Waals surface area contributed by atoms with Crippen molar-refractivity contribution in [2.75, 3.05) is 20.1 Å². The molecule has 2 amide bonds. The summed E-state index contributed by atoms with van der Waals surface area (Å²) in [6.45, 7) is 1.36. The van der Waals surface area contributed by atoms with Crippen molar-refractivity contribution in [1.82, 2.24) is 20.5 Å². The summed E-state index contributed by atoms with van der Waals surface area (Å²) in [5, 5.41) is 6.78. The van der Waals surface area contributed by atoms with Crippen molar-refractivity contribution in [3.05, 3.63) is 41.2 Å². The first-order chi connectivity index (χ1) is 13.1. The van der Waals surface area contributed by atoms with E-state index in [1.165, 1.54) is 4.90 Å². The quantitative estimate of drug-likeness (QED) is 0.156. The van der Waals surface area contributed by atoms with Gasteiger partial charge in [0.1, 0.15) is 5.15 Å². The van der Waals surface area contributed by atoms with Crippen molar-refractivity contribution in [1.29, 1.82) is 0 Å². The molecule has 4 unspecified atom stereocenters. The lowest BCUT2D eigenvalue weighted by atomic mass is 9.85. The monoisotopic (exact) mass is 515 g/mol. The van der Waals surface area contributed by atoms with Gasteiger partial charge in [-0.3, -0.25) is 19.5 Å². The summed E-state index contributed by atoms with van der Waals surface area (Å²) in [5.74, 6) is 0.794. The van der Waals surface area contributed by atoms with Gasteiger partial charge in [-0.1, -0.05) is 29.8 Å². The first-order valence-electron chi connectivity index (χ1n) is 9.17. The van der Waals surface area contributed by atoms with Crippen LogP contribution in [0.2, 0.25) is 5.15 Å². The van der Waals surface area contributed by atoms with Gasteiger partial charge < -0.3 is 10.6 Å². The van der Waals surface area contributed by atoms with Crippen LogP contribution in [0.15, 0.2) is 35.5 Å². The van der Waals surface area contributed by atoms with Gasteiger partial charge in [-0.2, -0.15) is 0 Å². The maximum atomic E-state index is 12.7. The molecule has 2 aliphatic carbocycles. The molecule has 1 aromatic heterocycles. The normalized spacial score (nSPS) is 27.8. The summed E-state index contributed by atoms with van der Waals surface area (Å²) in [5.41, 5.74) is 0.975. The van der Waals surface area contributed by atoms with Crippen molar-refractivity contribution < 1.29 is 9.59 Å². The number of nitrogens with zero attached hydrogens (tertiary/aromatic N) is 3. The fourth-order valence-electron chi connectivity index (χ4n) is 4.39. The van der Waals surface area contributed by atoms with E-state index >= 15 is 0 Å². The topological polar surface area (TPSA) is 86.7 Å². The van der Waals surface area contributed by atoms with Crippen molar-refractivity contribution in [2.24, 2.45) is 28.7 Å². The molecule has 2 N–H and O–H groups in total. The highest BCUT2D eigenvalue weighted by atomic mass is 127. The molecule has 4 rings (SSSR count). The Balaban J connectivity index is 0.00000225. The van der Waals surface area contributed by atoms with E-state index in [4.69, 9.17) is 11.6 Å². The largest absolute Gasteiger partial charge is 0.355 e. The molecular formula is C19H23ClIN5O2. The molecule has 28 heavy (non-hydrogen) atoms. The summed E-state index contributed by atoms with van der Waals surface area (Å²) in [6, 6.07) is 3.62. The van der Waals surface area contributed by atoms with Crippen LogP contribution in [0, 0.1) is 23.7 Å². The Labute approximate surface area is 186 Å². The highest BCUT2D eigenvalue weighted by molar-refractivity contribution is 14.0. The molecule has 1 aliphatic heterocycles. The summed E-state index contributed by atoms with van der Waals surface area (Å²) in [4.78, 5) is 34.9. The predicted molar refractivity (Wildman–Crippen MR) is 117 cm³/mol. The van der Waals surface area contributed by atoms with Crippen LogP contribution < -0.4 is 10.6 Å². The van der Waals surface area contributed by atoms with Gasteiger partial charge in [-0.15, -0.1) is 24.0 Å². The first-order valence-corrected chi connectivity index (χ1v) is 9.55. The Bertz CT molecular complexity index is 783. The average molecular weight is 516 g/mol. The molecule has 1 saturated heterocycles. The number of aromatic nitrogens is 1. The number of aliphatic imine (C=N–C) groups is 1. The van der Waals surface area contributed by atoms with Crippen molar-refractivity contribution in [2.45, 2.75) is 13.0 Å². The molecule has 0 spiro atoms. The number of allylic oxidation sites excluding steroid dienone is 2. The van der Waals surface area contributed by atoms with Gasteiger partial charge >= 0.3 is 0 Å². The molecule has 0 aromatic carbocycles. The minimum atomic E-state index is -0.137. The van der Waals surface area contributed by atoms with Crippen molar-refractivity contribution >= 4 is 53.4 Å². The fraction of sp³-hybridized carbons (Fsp3) is 0.474. The van der Waals surface area contributed by atoms with E-state index in [9.17, 15) is 9.59 Å². The molecule has 1 saturated carbocycles. The molecule has 1 aromatic rings. The lowest BCUT2D eigenvalue weighted by molar-refractivity contribution is -0.140. The van der Waals surface area contributed by atoms with E-state index in [0.29, 0.717) is 30.7 Å². The summed E-state index contributed by atoms with van der Waals surface area (Å²) >= 11 is 5.78. The van der Waals surface area contributed by atoms with E-state index in [1.54, 1.807) is 19.3 Å². The lowest BCUT2D eigenvalue weighted by Crippen LogP contribution is -2.43. The summed E-state index contributed by atoms with van der Waals surface area (Å²) in [7, 11) is 1.68. The van der Waals surface area contributed by atoms with Gasteiger partial charge in [0.05, 0.1) is 11.8 Å². The predicted octanol–water partition coefficient (Wildman–Crippen LogP) is 1.83. The van der Waals surface area contributed by atoms with Crippen LogP contribution in [-0.4, -0.2) is 47.8 Å². The van der Waals surface area contributed by atoms with Crippen LogP contribution in [0.1, 0.15) is 12.0 Å². The second-order valence-corrected chi connectivity index (χ2v) is 7.56. The van der Waals surface area contributed by atoms with Crippen LogP contribution in [-0.2, 0) is 16.1 Å². The molecule has 7 nitrogen and oxygen atoms in total. The number of hydrogen-bond donors (Lipinski definition) is 2. The third-order valence-corrected chi connectivity index (χ3v) is 5.89. The molecule has 3 aliphatic rings. The number of carbonyl (C=O) groups is 2. The van der Waals surface area contributed by atoms with Crippen molar-refractivity contribution in [3.63, 3.8) is 0 Å². The van der Waals surface area contributed by atoms with E-state index in [1.807, 2.05) is 6.07 Å². The minimum absolute atomic E-state index is 0. The maximum absolute atomic E-state index is 12.7. The van der Waals surface area contributed by atoms with Gasteiger partial charge in [0.15, 0.2) is 5.96 Å². The first kappa shape index (κ1) is 21.0. The smallest absolute Gasteiger partial charge is 0.233 e. The second kappa shape index (κ2) is 8.77. The van der Waals surface area contributed by atoms with E-state index in [0.717, 1.165) is 12.0 Å². The zero-order chi connectivity index (χ0) is 19.0. The highest BCUT2D eigenvalue weighted by Crippen LogP contribution is 2.52. The molecule has 0 radical (unpaired) electrons. The van der Waals surface area contributed by atoms with Crippen LogP contribution in [0.4, 0.5) is 0 Å². The Hall–Kier alpha value is -1.68. The number of guanidine groups is 1. The number of imide groups is 1. The highest BCUT2D eigenvalue weighted by Gasteiger charge is 2.58. The molecule has 2 bridgehead atoms. The second-order valence-electron chi connectivity index (χ2n) is 7.17. The molecule has 150 valence electrons. The maximum Gasteiger partial charge on any atom is 0.233 e. The van der Waals surface area contributed by atoms with Crippen LogP contribution in [0.5, 0.6) is 0 Å². The van der Waals surface area contributed by atoms with Gasteiger partial charge in [0.25, 0.3) is 0 Å². The number of fused-ring (bicyclic) bond motifs is 5. The number of hydrogen-bond acceptors (Lipinski definition) is 4. The number of halogens is 2. The molecule has 9 heteroatoms. The van der Waals surface area contributed by atoms with Gasteiger partial charge in [-0.25, -0.2) is 4.98 Å². The van der Waals surface area contributed by atoms with E-state index < -0.39 is 0 Å². The Morgan fingerprint density at radius 1 is 1.21 bits per heavy atom. The fourth-order valence-corrected chi connectivity index (χ4v) is 4.50. The molecule has 4 atom stereocenters. The Morgan fingerprint density at radius 3 is 2.46 bits per heavy atom. The average Bonchev–Trinajstić information content (AvgIpc) is 3.35. The number of carbonyl (C=O) groups excluding carboxylic acids is 2. The van der Waals surface area contributed by atoms with Gasteiger partial charge in [0, 0.05) is 32.9 Å². The lowest BCUT2D eigenvalue weighted by Gasteiger charge is -2.18. The summed E-state index contributed by atoms with van der Waals surface area (Å²) in [6.07, 6.45) is 6.87. The third kappa shape index (κ3) is 3.89. The zero-order valence-corrected chi connectivity index (χ0v) is 18.6. The number of nitrogens with one attached hydrogen (secondary N) is 2. The van der Waals surface area contributed by atoms with Gasteiger partial charge in [-0.05, 0) is 29.9 Å². The minimum Gasteiger partial charge on any atom is -0.355 e. The number of likely N-dealkylation sites (tertiary alicyclic amines) is 1. The van der Waals surface area contributed by atoms with Crippen molar-refractivity contribution in [3.8, 4) is 0 Å². The SMILES string of the molecule is CN=C(NCCN1C(=O)C2C3C=CC(C3)C2C1=O)NCc1ccc(Cl)nc1.I.